The second kappa shape index (κ2) is 18.9. The van der Waals surface area contributed by atoms with Crippen LogP contribution in [0.15, 0.2) is 54.6 Å². The van der Waals surface area contributed by atoms with Gasteiger partial charge in [-0.15, -0.1) is 11.3 Å². The molecule has 0 spiro atoms. The average Bonchev–Trinajstić information content (AvgIpc) is 3.41. The molecule has 3 rings (SSSR count). The Balaban J connectivity index is 1.48. The summed E-state index contributed by atoms with van der Waals surface area (Å²) < 4.78 is 0. The highest BCUT2D eigenvalue weighted by Crippen LogP contribution is 2.34. The molecule has 3 aromatic rings. The van der Waals surface area contributed by atoms with E-state index in [9.17, 15) is 9.90 Å². The highest BCUT2D eigenvalue weighted by molar-refractivity contribution is 7.14. The molecule has 0 amide bonds. The first kappa shape index (κ1) is 32.1. The van der Waals surface area contributed by atoms with Gasteiger partial charge in [-0.05, 0) is 54.0 Å². The van der Waals surface area contributed by atoms with E-state index in [1.54, 1.807) is 0 Å². The molecule has 3 heteroatoms. The zero-order chi connectivity index (χ0) is 28.4. The summed E-state index contributed by atoms with van der Waals surface area (Å²) in [4.78, 5) is 13.7. The van der Waals surface area contributed by atoms with Crippen LogP contribution in [0.3, 0.4) is 0 Å². The Kier molecular flexibility index (Phi) is 15.2. The Bertz CT molecular complexity index is 1090. The van der Waals surface area contributed by atoms with Crippen LogP contribution in [-0.2, 0) is 12.8 Å². The van der Waals surface area contributed by atoms with Crippen LogP contribution in [0.2, 0.25) is 0 Å². The maximum Gasteiger partial charge on any atom is 0.346 e. The lowest BCUT2D eigenvalue weighted by atomic mass is 9.98. The zero-order valence-electron chi connectivity index (χ0n) is 25.2. The maximum atomic E-state index is 12.0. The number of carboxylic acids is 1. The quantitative estimate of drug-likeness (QED) is 0.132. The van der Waals surface area contributed by atoms with Gasteiger partial charge in [0.05, 0.1) is 0 Å². The fraction of sp³-hybridized carbons (Fsp3) is 0.541. The second-order valence-electron chi connectivity index (χ2n) is 11.5. The lowest BCUT2D eigenvalue weighted by molar-refractivity contribution is 0.0703. The van der Waals surface area contributed by atoms with Crippen LogP contribution >= 0.6 is 11.3 Å². The number of hydrogen-bond donors (Lipinski definition) is 1. The molecule has 0 saturated heterocycles. The van der Waals surface area contributed by atoms with Gasteiger partial charge in [-0.3, -0.25) is 0 Å². The number of carboxylic acid groups (broad SMARTS) is 1. The van der Waals surface area contributed by atoms with Gasteiger partial charge in [-0.1, -0.05) is 152 Å². The summed E-state index contributed by atoms with van der Waals surface area (Å²) in [6, 6.07) is 19.5. The average molecular weight is 561 g/mol. The van der Waals surface area contributed by atoms with E-state index in [4.69, 9.17) is 0 Å². The van der Waals surface area contributed by atoms with Crippen molar-refractivity contribution < 1.29 is 9.90 Å². The van der Waals surface area contributed by atoms with Gasteiger partial charge in [0.15, 0.2) is 0 Å². The first-order chi connectivity index (χ1) is 19.6. The van der Waals surface area contributed by atoms with Crippen LogP contribution in [0.5, 0.6) is 0 Å². The predicted octanol–water partition coefficient (Wildman–Crippen LogP) is 12.1. The van der Waals surface area contributed by atoms with Crippen LogP contribution < -0.4 is 0 Å². The summed E-state index contributed by atoms with van der Waals surface area (Å²) >= 11 is 1.46. The summed E-state index contributed by atoms with van der Waals surface area (Å²) in [5, 5.41) is 9.87. The Labute approximate surface area is 248 Å². The minimum atomic E-state index is -0.820. The smallest absolute Gasteiger partial charge is 0.346 e. The Morgan fingerprint density at radius 2 is 1.00 bits per heavy atom. The van der Waals surface area contributed by atoms with E-state index >= 15 is 0 Å². The molecule has 0 atom stereocenters. The zero-order valence-corrected chi connectivity index (χ0v) is 26.0. The molecule has 0 bridgehead atoms. The van der Waals surface area contributed by atoms with Crippen LogP contribution in [0.4, 0.5) is 0 Å². The lowest BCUT2D eigenvalue weighted by Gasteiger charge is -2.07. The second-order valence-corrected chi connectivity index (χ2v) is 12.6. The SMILES string of the molecule is CCCCCCCCCCCCc1cc(-c2ccc(-c3ccc(CCCCCCCC)cc3)cc2)c(C(=O)O)s1. The van der Waals surface area contributed by atoms with Crippen LogP contribution in [0.25, 0.3) is 22.3 Å². The number of aryl methyl sites for hydroxylation is 2. The van der Waals surface area contributed by atoms with E-state index in [0.717, 1.165) is 30.4 Å². The Morgan fingerprint density at radius 1 is 0.575 bits per heavy atom. The molecular weight excluding hydrogens is 508 g/mol. The van der Waals surface area contributed by atoms with Gasteiger partial charge in [-0.25, -0.2) is 4.79 Å². The van der Waals surface area contributed by atoms with Gasteiger partial charge >= 0.3 is 5.97 Å². The van der Waals surface area contributed by atoms with E-state index in [0.29, 0.717) is 4.88 Å². The lowest BCUT2D eigenvalue weighted by Crippen LogP contribution is -1.94. The fourth-order valence-corrected chi connectivity index (χ4v) is 6.60. The summed E-state index contributed by atoms with van der Waals surface area (Å²) in [6.07, 6.45) is 23.3. The molecule has 218 valence electrons. The summed E-state index contributed by atoms with van der Waals surface area (Å²) in [5.74, 6) is -0.820. The van der Waals surface area contributed by atoms with Crippen molar-refractivity contribution in [3.05, 3.63) is 69.9 Å². The number of carbonyl (C=O) groups is 1. The van der Waals surface area contributed by atoms with Crippen LogP contribution in [0.1, 0.15) is 137 Å². The molecule has 1 N–H and O–H groups in total. The highest BCUT2D eigenvalue weighted by Gasteiger charge is 2.17. The number of unbranched alkanes of at least 4 members (excludes halogenated alkanes) is 14. The summed E-state index contributed by atoms with van der Waals surface area (Å²) in [7, 11) is 0. The minimum absolute atomic E-state index is 0.467. The van der Waals surface area contributed by atoms with Crippen molar-refractivity contribution in [1.82, 2.24) is 0 Å². The third-order valence-electron chi connectivity index (χ3n) is 8.06. The summed E-state index contributed by atoms with van der Waals surface area (Å²) in [6.45, 7) is 4.53. The molecule has 0 radical (unpaired) electrons. The monoisotopic (exact) mass is 560 g/mol. The van der Waals surface area contributed by atoms with Gasteiger partial charge in [0.1, 0.15) is 4.88 Å². The van der Waals surface area contributed by atoms with Gasteiger partial charge in [-0.2, -0.15) is 0 Å². The number of thiophene rings is 1. The third kappa shape index (κ3) is 11.2. The minimum Gasteiger partial charge on any atom is -0.477 e. The molecule has 1 heterocycles. The molecule has 0 aliphatic carbocycles. The van der Waals surface area contributed by atoms with E-state index in [-0.39, 0.29) is 0 Å². The first-order valence-electron chi connectivity index (χ1n) is 16.2. The third-order valence-corrected chi connectivity index (χ3v) is 9.24. The highest BCUT2D eigenvalue weighted by atomic mass is 32.1. The van der Waals surface area contributed by atoms with E-state index in [1.807, 2.05) is 0 Å². The standard InChI is InChI=1S/C37H52O2S/c1-3-5-7-9-11-12-13-14-16-18-20-34-29-35(36(40-34)37(38)39)33-27-25-32(26-28-33)31-23-21-30(22-24-31)19-17-15-10-8-6-4-2/h21-29H,3-20H2,1-2H3,(H,38,39). The van der Waals surface area contributed by atoms with Gasteiger partial charge in [0.25, 0.3) is 0 Å². The number of hydrogen-bond acceptors (Lipinski definition) is 2. The molecule has 0 aliphatic heterocycles. The molecule has 0 aliphatic rings. The molecule has 0 unspecified atom stereocenters. The molecule has 2 nitrogen and oxygen atoms in total. The number of aromatic carboxylic acids is 1. The molecule has 2 aromatic carbocycles. The van der Waals surface area contributed by atoms with Crippen molar-refractivity contribution in [3.8, 4) is 22.3 Å². The first-order valence-corrected chi connectivity index (χ1v) is 17.0. The molecule has 1 aromatic heterocycles. The van der Waals surface area contributed by atoms with Crippen LogP contribution in [0, 0.1) is 0 Å². The van der Waals surface area contributed by atoms with Crippen molar-refractivity contribution >= 4 is 17.3 Å². The topological polar surface area (TPSA) is 37.3 Å². The molecule has 0 saturated carbocycles. The molecule has 40 heavy (non-hydrogen) atoms. The normalized spacial score (nSPS) is 11.2. The van der Waals surface area contributed by atoms with Gasteiger partial charge in [0, 0.05) is 10.4 Å². The van der Waals surface area contributed by atoms with Crippen molar-refractivity contribution in [3.63, 3.8) is 0 Å². The number of benzene rings is 2. The predicted molar refractivity (Wildman–Crippen MR) is 175 cm³/mol. The van der Waals surface area contributed by atoms with E-state index < -0.39 is 5.97 Å². The van der Waals surface area contributed by atoms with E-state index in [2.05, 4.69) is 68.4 Å². The number of rotatable bonds is 21. The van der Waals surface area contributed by atoms with Crippen LogP contribution in [-0.4, -0.2) is 11.1 Å². The van der Waals surface area contributed by atoms with Gasteiger partial charge in [0.2, 0.25) is 0 Å². The van der Waals surface area contributed by atoms with Gasteiger partial charge < -0.3 is 5.11 Å². The Hall–Kier alpha value is -2.39. The van der Waals surface area contributed by atoms with E-state index in [1.165, 1.54) is 129 Å². The van der Waals surface area contributed by atoms with Crippen molar-refractivity contribution in [2.75, 3.05) is 0 Å². The summed E-state index contributed by atoms with van der Waals surface area (Å²) in [5.41, 5.74) is 5.65. The van der Waals surface area contributed by atoms with Crippen molar-refractivity contribution in [2.24, 2.45) is 0 Å². The van der Waals surface area contributed by atoms with Crippen molar-refractivity contribution in [1.29, 1.82) is 0 Å². The molecular formula is C37H52O2S. The maximum absolute atomic E-state index is 12.0. The fourth-order valence-electron chi connectivity index (χ4n) is 5.54. The molecule has 0 fully saturated rings. The van der Waals surface area contributed by atoms with Crippen molar-refractivity contribution in [2.45, 2.75) is 129 Å². The largest absolute Gasteiger partial charge is 0.477 e. The Morgan fingerprint density at radius 3 is 1.50 bits per heavy atom.